The second kappa shape index (κ2) is 6.59. The van der Waals surface area contributed by atoms with Gasteiger partial charge in [0, 0.05) is 23.8 Å². The Hall–Kier alpha value is -0.520. The minimum absolute atomic E-state index is 0.0335. The molecule has 18 heavy (non-hydrogen) atoms. The highest BCUT2D eigenvalue weighted by atomic mass is 32.2. The Bertz CT molecular complexity index is 498. The van der Waals surface area contributed by atoms with Gasteiger partial charge >= 0.3 is 0 Å². The second-order valence-corrected chi connectivity index (χ2v) is 8.06. The normalized spacial score (nSPS) is 13.6. The Labute approximate surface area is 114 Å². The minimum atomic E-state index is -2.86. The number of benzene rings is 1. The van der Waals surface area contributed by atoms with E-state index in [1.807, 2.05) is 6.07 Å². The summed E-state index contributed by atoms with van der Waals surface area (Å²) in [7, 11) is -2.86. The lowest BCUT2D eigenvalue weighted by Gasteiger charge is -2.13. The first-order valence-corrected chi connectivity index (χ1v) is 9.09. The Kier molecular flexibility index (Phi) is 5.69. The Morgan fingerprint density at radius 2 is 1.94 bits per heavy atom. The van der Waals surface area contributed by atoms with Crippen molar-refractivity contribution in [2.75, 3.05) is 23.5 Å². The number of aryl methyl sites for hydroxylation is 2. The maximum atomic E-state index is 11.0. The second-order valence-electron chi connectivity index (χ2n) is 4.65. The third kappa shape index (κ3) is 5.42. The molecule has 1 atom stereocenters. The average molecular weight is 287 g/mol. The molecule has 0 aliphatic carbocycles. The number of hydrogen-bond donors (Lipinski definition) is 1. The van der Waals surface area contributed by atoms with Gasteiger partial charge in [-0.1, -0.05) is 18.2 Å². The van der Waals surface area contributed by atoms with Gasteiger partial charge < -0.3 is 5.73 Å². The third-order valence-electron chi connectivity index (χ3n) is 2.85. The summed E-state index contributed by atoms with van der Waals surface area (Å²) in [5, 5.41) is 0. The van der Waals surface area contributed by atoms with Gasteiger partial charge in [0.1, 0.15) is 9.84 Å². The number of thioether (sulfide) groups is 1. The standard InChI is InChI=1S/C13H21NO2S2/c1-10-4-5-12(8-11(10)2)13(14)9-17-6-7-18(3,15)16/h4-5,8,13H,6-7,9,14H2,1-3H3. The summed E-state index contributed by atoms with van der Waals surface area (Å²) < 4.78 is 22.0. The number of sulfone groups is 1. The highest BCUT2D eigenvalue weighted by Crippen LogP contribution is 2.19. The van der Waals surface area contributed by atoms with Crippen molar-refractivity contribution in [2.24, 2.45) is 5.73 Å². The molecule has 3 nitrogen and oxygen atoms in total. The van der Waals surface area contributed by atoms with Gasteiger partial charge in [0.05, 0.1) is 5.75 Å². The molecule has 1 unspecified atom stereocenters. The van der Waals surface area contributed by atoms with E-state index in [0.29, 0.717) is 5.75 Å². The molecule has 1 aromatic rings. The van der Waals surface area contributed by atoms with E-state index in [1.54, 1.807) is 11.8 Å². The fraction of sp³-hybridized carbons (Fsp3) is 0.538. The van der Waals surface area contributed by atoms with Gasteiger partial charge in [-0.15, -0.1) is 0 Å². The first-order valence-electron chi connectivity index (χ1n) is 5.88. The maximum Gasteiger partial charge on any atom is 0.148 e. The van der Waals surface area contributed by atoms with E-state index in [4.69, 9.17) is 5.73 Å². The van der Waals surface area contributed by atoms with Crippen LogP contribution < -0.4 is 5.73 Å². The van der Waals surface area contributed by atoms with Crippen LogP contribution in [0.5, 0.6) is 0 Å². The highest BCUT2D eigenvalue weighted by Gasteiger charge is 2.08. The van der Waals surface area contributed by atoms with Crippen molar-refractivity contribution in [1.29, 1.82) is 0 Å². The van der Waals surface area contributed by atoms with Crippen LogP contribution in [0, 0.1) is 13.8 Å². The van der Waals surface area contributed by atoms with Crippen molar-refractivity contribution in [3.05, 3.63) is 34.9 Å². The first-order chi connectivity index (χ1) is 8.29. The monoisotopic (exact) mass is 287 g/mol. The lowest BCUT2D eigenvalue weighted by atomic mass is 10.0. The zero-order valence-electron chi connectivity index (χ0n) is 11.1. The van der Waals surface area contributed by atoms with Gasteiger partial charge in [0.2, 0.25) is 0 Å². The van der Waals surface area contributed by atoms with Crippen LogP contribution in [0.1, 0.15) is 22.7 Å². The topological polar surface area (TPSA) is 60.2 Å². The smallest absolute Gasteiger partial charge is 0.148 e. The number of nitrogens with two attached hydrogens (primary N) is 1. The van der Waals surface area contributed by atoms with Crippen molar-refractivity contribution in [1.82, 2.24) is 0 Å². The predicted molar refractivity (Wildman–Crippen MR) is 79.9 cm³/mol. The van der Waals surface area contributed by atoms with Gasteiger partial charge in [0.15, 0.2) is 0 Å². The quantitative estimate of drug-likeness (QED) is 0.814. The van der Waals surface area contributed by atoms with Crippen LogP contribution in [0.15, 0.2) is 18.2 Å². The van der Waals surface area contributed by atoms with Crippen molar-refractivity contribution in [3.8, 4) is 0 Å². The van der Waals surface area contributed by atoms with E-state index < -0.39 is 9.84 Å². The fourth-order valence-corrected chi connectivity index (χ4v) is 3.81. The SMILES string of the molecule is Cc1ccc(C(N)CSCCS(C)(=O)=O)cc1C. The van der Waals surface area contributed by atoms with Gasteiger partial charge in [-0.25, -0.2) is 8.42 Å². The van der Waals surface area contributed by atoms with Crippen molar-refractivity contribution < 1.29 is 8.42 Å². The van der Waals surface area contributed by atoms with E-state index in [-0.39, 0.29) is 11.8 Å². The van der Waals surface area contributed by atoms with Crippen LogP contribution in [-0.2, 0) is 9.84 Å². The molecule has 0 radical (unpaired) electrons. The summed E-state index contributed by atoms with van der Waals surface area (Å²) in [6, 6.07) is 6.20. The predicted octanol–water partition coefficient (Wildman–Crippen LogP) is 2.08. The largest absolute Gasteiger partial charge is 0.323 e. The molecule has 0 spiro atoms. The van der Waals surface area contributed by atoms with Gasteiger partial charge in [-0.05, 0) is 30.5 Å². The van der Waals surface area contributed by atoms with E-state index in [1.165, 1.54) is 17.4 Å². The third-order valence-corrected chi connectivity index (χ3v) is 5.15. The highest BCUT2D eigenvalue weighted by molar-refractivity contribution is 8.00. The molecule has 5 heteroatoms. The molecule has 0 saturated heterocycles. The van der Waals surface area contributed by atoms with E-state index >= 15 is 0 Å². The zero-order chi connectivity index (χ0) is 13.8. The Morgan fingerprint density at radius 1 is 1.28 bits per heavy atom. The van der Waals surface area contributed by atoms with E-state index in [0.717, 1.165) is 11.3 Å². The molecular formula is C13H21NO2S2. The summed E-state index contributed by atoms with van der Waals surface area (Å²) in [5.41, 5.74) is 9.71. The summed E-state index contributed by atoms with van der Waals surface area (Å²) in [6.45, 7) is 4.15. The molecule has 0 heterocycles. The molecule has 0 fully saturated rings. The van der Waals surface area contributed by atoms with Crippen LogP contribution in [0.25, 0.3) is 0 Å². The molecule has 1 aromatic carbocycles. The maximum absolute atomic E-state index is 11.0. The fourth-order valence-electron chi connectivity index (χ4n) is 1.51. The molecule has 102 valence electrons. The molecule has 0 bridgehead atoms. The van der Waals surface area contributed by atoms with Crippen molar-refractivity contribution in [2.45, 2.75) is 19.9 Å². The lowest BCUT2D eigenvalue weighted by Crippen LogP contribution is -2.15. The molecule has 1 rings (SSSR count). The van der Waals surface area contributed by atoms with Gasteiger partial charge in [-0.3, -0.25) is 0 Å². The van der Waals surface area contributed by atoms with Gasteiger partial charge in [0.25, 0.3) is 0 Å². The summed E-state index contributed by atoms with van der Waals surface area (Å²) in [5.74, 6) is 1.58. The van der Waals surface area contributed by atoms with Crippen molar-refractivity contribution in [3.63, 3.8) is 0 Å². The van der Waals surface area contributed by atoms with Crippen LogP contribution in [-0.4, -0.2) is 31.9 Å². The Balaban J connectivity index is 2.45. The molecule has 0 amide bonds. The molecule has 0 aliphatic rings. The van der Waals surface area contributed by atoms with Crippen molar-refractivity contribution >= 4 is 21.6 Å². The van der Waals surface area contributed by atoms with E-state index in [9.17, 15) is 8.42 Å². The van der Waals surface area contributed by atoms with Crippen LogP contribution in [0.4, 0.5) is 0 Å². The number of hydrogen-bond acceptors (Lipinski definition) is 4. The zero-order valence-corrected chi connectivity index (χ0v) is 12.8. The molecule has 0 saturated carbocycles. The minimum Gasteiger partial charge on any atom is -0.323 e. The molecule has 0 aliphatic heterocycles. The van der Waals surface area contributed by atoms with E-state index in [2.05, 4.69) is 26.0 Å². The molecule has 2 N–H and O–H groups in total. The van der Waals surface area contributed by atoms with Gasteiger partial charge in [-0.2, -0.15) is 11.8 Å². The molecule has 0 aromatic heterocycles. The van der Waals surface area contributed by atoms with Crippen LogP contribution >= 0.6 is 11.8 Å². The summed E-state index contributed by atoms with van der Waals surface area (Å²) in [6.07, 6.45) is 1.26. The average Bonchev–Trinajstić information content (AvgIpc) is 2.26. The van der Waals surface area contributed by atoms with Crippen LogP contribution in [0.2, 0.25) is 0 Å². The Morgan fingerprint density at radius 3 is 2.50 bits per heavy atom. The summed E-state index contributed by atoms with van der Waals surface area (Å²) >= 11 is 1.59. The first kappa shape index (κ1) is 15.5. The number of rotatable bonds is 6. The lowest BCUT2D eigenvalue weighted by molar-refractivity contribution is 0.603. The summed E-state index contributed by atoms with van der Waals surface area (Å²) in [4.78, 5) is 0. The van der Waals surface area contributed by atoms with Crippen LogP contribution in [0.3, 0.4) is 0 Å². The molecular weight excluding hydrogens is 266 g/mol.